The average molecular weight is 331 g/mol. The van der Waals surface area contributed by atoms with E-state index in [9.17, 15) is 13.2 Å². The monoisotopic (exact) mass is 330 g/mol. The zero-order valence-corrected chi connectivity index (χ0v) is 13.4. The molecule has 21 heavy (non-hydrogen) atoms. The van der Waals surface area contributed by atoms with Gasteiger partial charge in [0.05, 0.1) is 15.5 Å². The van der Waals surface area contributed by atoms with Crippen LogP contribution in [-0.2, 0) is 10.0 Å². The van der Waals surface area contributed by atoms with E-state index in [1.165, 1.54) is 18.2 Å². The lowest BCUT2D eigenvalue weighted by Gasteiger charge is -2.15. The molecule has 0 spiro atoms. The van der Waals surface area contributed by atoms with Gasteiger partial charge in [-0.25, -0.2) is 13.6 Å². The van der Waals surface area contributed by atoms with Gasteiger partial charge in [-0.1, -0.05) is 24.9 Å². The lowest BCUT2D eigenvalue weighted by Crippen LogP contribution is -2.30. The summed E-state index contributed by atoms with van der Waals surface area (Å²) in [5.41, 5.74) is 0.351. The number of carbonyl (C=O) groups is 1. The van der Waals surface area contributed by atoms with Gasteiger partial charge in [-0.2, -0.15) is 0 Å². The first kappa shape index (κ1) is 16.3. The minimum Gasteiger partial charge on any atom is -0.351 e. The number of benzene rings is 1. The molecule has 116 valence electrons. The van der Waals surface area contributed by atoms with Crippen molar-refractivity contribution < 1.29 is 13.2 Å². The van der Waals surface area contributed by atoms with Crippen LogP contribution < -0.4 is 10.5 Å². The normalized spacial score (nSPS) is 16.5. The SMILES string of the molecule is CCCC1(CNC(=O)c2cc(S(N)(=O)=O)ccc2Cl)CC1. The predicted octanol–water partition coefficient (Wildman–Crippen LogP) is 2.30. The number of nitrogens with one attached hydrogen (secondary N) is 1. The fourth-order valence-corrected chi connectivity index (χ4v) is 3.18. The third-order valence-corrected chi connectivity index (χ3v) is 5.11. The number of sulfonamides is 1. The molecule has 0 saturated heterocycles. The summed E-state index contributed by atoms with van der Waals surface area (Å²) in [5.74, 6) is -0.368. The molecule has 1 aliphatic carbocycles. The van der Waals surface area contributed by atoms with Crippen molar-refractivity contribution >= 4 is 27.5 Å². The fourth-order valence-electron chi connectivity index (χ4n) is 2.44. The van der Waals surface area contributed by atoms with Crippen LogP contribution in [0.3, 0.4) is 0 Å². The van der Waals surface area contributed by atoms with Gasteiger partial charge in [0.15, 0.2) is 0 Å². The number of hydrogen-bond donors (Lipinski definition) is 2. The van der Waals surface area contributed by atoms with Crippen LogP contribution in [-0.4, -0.2) is 20.9 Å². The highest BCUT2D eigenvalue weighted by atomic mass is 35.5. The molecule has 2 rings (SSSR count). The van der Waals surface area contributed by atoms with Gasteiger partial charge < -0.3 is 5.32 Å². The first-order valence-electron chi connectivity index (χ1n) is 6.88. The Morgan fingerprint density at radius 3 is 2.62 bits per heavy atom. The molecule has 3 N–H and O–H groups in total. The maximum absolute atomic E-state index is 12.2. The van der Waals surface area contributed by atoms with Crippen molar-refractivity contribution in [3.05, 3.63) is 28.8 Å². The topological polar surface area (TPSA) is 89.3 Å². The van der Waals surface area contributed by atoms with Crippen LogP contribution in [0.4, 0.5) is 0 Å². The Morgan fingerprint density at radius 2 is 2.10 bits per heavy atom. The molecule has 1 amide bonds. The third-order valence-electron chi connectivity index (χ3n) is 3.87. The Labute approximate surface area is 129 Å². The van der Waals surface area contributed by atoms with E-state index in [1.54, 1.807) is 0 Å². The number of primary sulfonamides is 1. The molecule has 0 aliphatic heterocycles. The van der Waals surface area contributed by atoms with Crippen molar-refractivity contribution in [2.24, 2.45) is 10.6 Å². The van der Waals surface area contributed by atoms with Crippen molar-refractivity contribution in [1.82, 2.24) is 5.32 Å². The summed E-state index contributed by atoms with van der Waals surface area (Å²) >= 11 is 5.97. The second-order valence-corrected chi connectivity index (χ2v) is 7.59. The van der Waals surface area contributed by atoms with Gasteiger partial charge >= 0.3 is 0 Å². The Kier molecular flexibility index (Phi) is 4.60. The van der Waals surface area contributed by atoms with Crippen molar-refractivity contribution in [2.75, 3.05) is 6.54 Å². The molecule has 1 aromatic rings. The molecule has 1 aromatic carbocycles. The summed E-state index contributed by atoms with van der Waals surface area (Å²) in [5, 5.41) is 8.12. The van der Waals surface area contributed by atoms with Gasteiger partial charge in [0.25, 0.3) is 5.91 Å². The Morgan fingerprint density at radius 1 is 1.43 bits per heavy atom. The number of nitrogens with two attached hydrogens (primary N) is 1. The summed E-state index contributed by atoms with van der Waals surface area (Å²) in [7, 11) is -3.85. The smallest absolute Gasteiger partial charge is 0.252 e. The Balaban J connectivity index is 2.12. The van der Waals surface area contributed by atoms with E-state index in [4.69, 9.17) is 16.7 Å². The van der Waals surface area contributed by atoms with Crippen LogP contribution in [0.15, 0.2) is 23.1 Å². The molecule has 7 heteroatoms. The molecular formula is C14H19ClN2O3S. The maximum atomic E-state index is 12.2. The Bertz CT molecular complexity index is 654. The van der Waals surface area contributed by atoms with Gasteiger partial charge in [0.1, 0.15) is 0 Å². The van der Waals surface area contributed by atoms with Gasteiger partial charge in [-0.15, -0.1) is 0 Å². The maximum Gasteiger partial charge on any atom is 0.252 e. The van der Waals surface area contributed by atoms with E-state index in [1.807, 2.05) is 0 Å². The highest BCUT2D eigenvalue weighted by Gasteiger charge is 2.41. The van der Waals surface area contributed by atoms with Gasteiger partial charge in [-0.3, -0.25) is 4.79 Å². The largest absolute Gasteiger partial charge is 0.351 e. The first-order chi connectivity index (χ1) is 9.77. The molecule has 1 aliphatic rings. The van der Waals surface area contributed by atoms with E-state index in [2.05, 4.69) is 12.2 Å². The quantitative estimate of drug-likeness (QED) is 0.838. The minimum absolute atomic E-state index is 0.119. The summed E-state index contributed by atoms with van der Waals surface area (Å²) in [6.07, 6.45) is 4.40. The molecule has 0 heterocycles. The van der Waals surface area contributed by atoms with Gasteiger partial charge in [0, 0.05) is 6.54 Å². The van der Waals surface area contributed by atoms with Crippen LogP contribution >= 0.6 is 11.6 Å². The molecule has 1 saturated carbocycles. The van der Waals surface area contributed by atoms with E-state index in [0.29, 0.717) is 6.54 Å². The molecule has 5 nitrogen and oxygen atoms in total. The first-order valence-corrected chi connectivity index (χ1v) is 8.80. The third kappa shape index (κ3) is 3.96. The lowest BCUT2D eigenvalue weighted by atomic mass is 10.0. The zero-order valence-electron chi connectivity index (χ0n) is 11.9. The molecular weight excluding hydrogens is 312 g/mol. The summed E-state index contributed by atoms with van der Waals surface area (Å²) in [4.78, 5) is 12.1. The van der Waals surface area contributed by atoms with Crippen LogP contribution in [0.1, 0.15) is 43.0 Å². The van der Waals surface area contributed by atoms with Gasteiger partial charge in [0.2, 0.25) is 10.0 Å². The second-order valence-electron chi connectivity index (χ2n) is 5.62. The fraction of sp³-hybridized carbons (Fsp3) is 0.500. The molecule has 0 unspecified atom stereocenters. The van der Waals surface area contributed by atoms with Crippen molar-refractivity contribution in [1.29, 1.82) is 0 Å². The minimum atomic E-state index is -3.85. The molecule has 0 bridgehead atoms. The van der Waals surface area contributed by atoms with Crippen LogP contribution in [0.5, 0.6) is 0 Å². The standard InChI is InChI=1S/C14H19ClN2O3S/c1-2-5-14(6-7-14)9-17-13(18)11-8-10(21(16,19)20)3-4-12(11)15/h3-4,8H,2,5-7,9H2,1H3,(H,17,18)(H2,16,19,20). The summed E-state index contributed by atoms with van der Waals surface area (Å²) in [6, 6.07) is 3.87. The highest BCUT2D eigenvalue weighted by molar-refractivity contribution is 7.89. The van der Waals surface area contributed by atoms with Crippen LogP contribution in [0.25, 0.3) is 0 Å². The van der Waals surface area contributed by atoms with Crippen LogP contribution in [0, 0.1) is 5.41 Å². The molecule has 0 atom stereocenters. The predicted molar refractivity (Wildman–Crippen MR) is 81.7 cm³/mol. The van der Waals surface area contributed by atoms with Crippen LogP contribution in [0.2, 0.25) is 5.02 Å². The van der Waals surface area contributed by atoms with E-state index >= 15 is 0 Å². The molecule has 0 aromatic heterocycles. The highest BCUT2D eigenvalue weighted by Crippen LogP contribution is 2.48. The second kappa shape index (κ2) is 5.94. The van der Waals surface area contributed by atoms with E-state index < -0.39 is 10.0 Å². The molecule has 1 fully saturated rings. The summed E-state index contributed by atoms with van der Waals surface area (Å²) < 4.78 is 22.7. The van der Waals surface area contributed by atoms with E-state index in [0.717, 1.165) is 25.7 Å². The zero-order chi connectivity index (χ0) is 15.7. The van der Waals surface area contributed by atoms with Crippen molar-refractivity contribution in [3.8, 4) is 0 Å². The number of halogens is 1. The summed E-state index contributed by atoms with van der Waals surface area (Å²) in [6.45, 7) is 2.71. The number of hydrogen-bond acceptors (Lipinski definition) is 3. The number of rotatable bonds is 6. The number of amides is 1. The number of carbonyl (C=O) groups excluding carboxylic acids is 1. The lowest BCUT2D eigenvalue weighted by molar-refractivity contribution is 0.0943. The van der Waals surface area contributed by atoms with Crippen molar-refractivity contribution in [2.45, 2.75) is 37.5 Å². The van der Waals surface area contributed by atoms with E-state index in [-0.39, 0.29) is 26.8 Å². The van der Waals surface area contributed by atoms with Crippen molar-refractivity contribution in [3.63, 3.8) is 0 Å². The average Bonchev–Trinajstić information content (AvgIpc) is 3.16. The van der Waals surface area contributed by atoms with Gasteiger partial charge in [-0.05, 0) is 42.9 Å². The molecule has 0 radical (unpaired) electrons. The Hall–Kier alpha value is -1.11.